The summed E-state index contributed by atoms with van der Waals surface area (Å²) in [5.41, 5.74) is 4.24. The molecular formula is C12H22NOSW-. The maximum atomic E-state index is 11.2. The number of carbonyl (C=O) groups is 1. The second kappa shape index (κ2) is 10.2. The summed E-state index contributed by atoms with van der Waals surface area (Å²) >= 11 is 0. The van der Waals surface area contributed by atoms with Gasteiger partial charge < -0.3 is 10.1 Å². The number of hydrogen-bond donors (Lipinski definition) is 0. The molecule has 0 spiro atoms. The molecule has 0 radical (unpaired) electrons. The molecule has 0 atom stereocenters. The van der Waals surface area contributed by atoms with E-state index in [9.17, 15) is 4.79 Å². The molecule has 1 amide bonds. The zero-order valence-electron chi connectivity index (χ0n) is 11.0. The second-order valence-corrected chi connectivity index (χ2v) is 3.83. The Kier molecular flexibility index (Phi) is 13.5. The minimum Gasteiger partial charge on any atom is -0.627 e. The van der Waals surface area contributed by atoms with Gasteiger partial charge in [-0.3, -0.25) is 0 Å². The zero-order chi connectivity index (χ0) is 11.3. The van der Waals surface area contributed by atoms with Crippen LogP contribution in [0.5, 0.6) is 0 Å². The normalized spacial score (nSPS) is 8.12. The maximum absolute atomic E-state index is 11.2. The van der Waals surface area contributed by atoms with Crippen molar-refractivity contribution in [3.05, 3.63) is 27.7 Å². The van der Waals surface area contributed by atoms with Gasteiger partial charge in [0.1, 0.15) is 0 Å². The predicted octanol–water partition coefficient (Wildman–Crippen LogP) is 4.06. The van der Waals surface area contributed by atoms with E-state index in [0.29, 0.717) is 6.42 Å². The summed E-state index contributed by atoms with van der Waals surface area (Å²) < 4.78 is 0. The van der Waals surface area contributed by atoms with Gasteiger partial charge in [-0.15, -0.1) is 5.70 Å². The molecule has 94 valence electrons. The van der Waals surface area contributed by atoms with Gasteiger partial charge in [0, 0.05) is 21.1 Å². The van der Waals surface area contributed by atoms with E-state index in [4.69, 9.17) is 0 Å². The molecule has 0 N–H and O–H groups in total. The number of allylic oxidation sites excluding steroid dienone is 3. The number of carbonyl (C=O) groups excluding carboxylic acids is 1. The van der Waals surface area contributed by atoms with Gasteiger partial charge in [-0.2, -0.15) is 13.5 Å². The van der Waals surface area contributed by atoms with Crippen molar-refractivity contribution >= 4 is 19.4 Å². The Balaban J connectivity index is -0.000000845. The van der Waals surface area contributed by atoms with Gasteiger partial charge in [0.15, 0.2) is 0 Å². The smallest absolute Gasteiger partial charge is 0.0542 e. The number of nitrogens with zero attached hydrogens (tertiary/aromatic N) is 1. The van der Waals surface area contributed by atoms with Crippen LogP contribution in [-0.2, 0) is 25.9 Å². The molecule has 0 fully saturated rings. The molecule has 0 heterocycles. The molecule has 0 unspecified atom stereocenters. The van der Waals surface area contributed by atoms with Crippen molar-refractivity contribution in [2.24, 2.45) is 0 Å². The first-order valence-corrected chi connectivity index (χ1v) is 4.96. The van der Waals surface area contributed by atoms with Crippen LogP contribution in [-0.4, -0.2) is 5.91 Å². The summed E-state index contributed by atoms with van der Waals surface area (Å²) in [6.07, 6.45) is 0.465. The summed E-state index contributed by atoms with van der Waals surface area (Å²) in [5.74, 6) is -0.0539. The van der Waals surface area contributed by atoms with Gasteiger partial charge in [-0.25, -0.2) is 0 Å². The standard InChI is InChI=1S/C12H21NO.H2S.W/c1-7-11(14)13-12(9(4)5)10(6)8(2)3;;/h7H2,1-6H3,(H,13,14);1H2;/p-1. The molecule has 0 aliphatic rings. The SMILES string of the molecule is CCC(=O)[N-]C(=C(C)C)C(C)=C(C)C.S.[W]. The van der Waals surface area contributed by atoms with Crippen molar-refractivity contribution in [2.45, 2.75) is 48.0 Å². The van der Waals surface area contributed by atoms with Crippen LogP contribution in [0.4, 0.5) is 0 Å². The van der Waals surface area contributed by atoms with Crippen molar-refractivity contribution in [2.75, 3.05) is 0 Å². The van der Waals surface area contributed by atoms with Gasteiger partial charge in [-0.05, 0) is 41.0 Å². The Bertz CT molecular complexity index is 287. The topological polar surface area (TPSA) is 31.2 Å². The molecule has 0 bridgehead atoms. The summed E-state index contributed by atoms with van der Waals surface area (Å²) in [6, 6.07) is 0. The largest absolute Gasteiger partial charge is 0.627 e. The van der Waals surface area contributed by atoms with Crippen LogP contribution in [0.25, 0.3) is 5.32 Å². The Morgan fingerprint density at radius 2 is 1.44 bits per heavy atom. The molecule has 4 heteroatoms. The van der Waals surface area contributed by atoms with Crippen molar-refractivity contribution in [3.8, 4) is 0 Å². The number of amides is 1. The van der Waals surface area contributed by atoms with Crippen LogP contribution in [0.3, 0.4) is 0 Å². The van der Waals surface area contributed by atoms with E-state index < -0.39 is 0 Å². The molecule has 16 heavy (non-hydrogen) atoms. The minimum absolute atomic E-state index is 0. The third kappa shape index (κ3) is 7.29. The van der Waals surface area contributed by atoms with Gasteiger partial charge in [-0.1, -0.05) is 23.6 Å². The molecule has 0 aliphatic heterocycles. The molecular weight excluding hydrogens is 390 g/mol. The molecule has 0 aromatic rings. The Morgan fingerprint density at radius 3 is 1.69 bits per heavy atom. The van der Waals surface area contributed by atoms with Crippen molar-refractivity contribution in [1.29, 1.82) is 0 Å². The number of hydrogen-bond acceptors (Lipinski definition) is 1. The Labute approximate surface area is 121 Å². The average Bonchev–Trinajstić information content (AvgIpc) is 2.11. The maximum Gasteiger partial charge on any atom is 0.0542 e. The molecule has 0 rings (SSSR count). The average molecular weight is 412 g/mol. The van der Waals surface area contributed by atoms with Crippen LogP contribution in [0, 0.1) is 0 Å². The first kappa shape index (κ1) is 21.3. The Morgan fingerprint density at radius 1 is 1.00 bits per heavy atom. The van der Waals surface area contributed by atoms with Crippen LogP contribution < -0.4 is 0 Å². The van der Waals surface area contributed by atoms with Crippen LogP contribution in [0.1, 0.15) is 48.0 Å². The van der Waals surface area contributed by atoms with Crippen LogP contribution in [0.15, 0.2) is 22.4 Å². The van der Waals surface area contributed by atoms with E-state index in [1.165, 1.54) is 5.57 Å². The molecule has 0 aromatic carbocycles. The van der Waals surface area contributed by atoms with E-state index in [1.54, 1.807) is 0 Å². The summed E-state index contributed by atoms with van der Waals surface area (Å²) in [6.45, 7) is 11.9. The molecule has 0 saturated carbocycles. The first-order chi connectivity index (χ1) is 6.40. The third-order valence-electron chi connectivity index (χ3n) is 2.12. The van der Waals surface area contributed by atoms with Gasteiger partial charge >= 0.3 is 0 Å². The fourth-order valence-electron chi connectivity index (χ4n) is 1.01. The van der Waals surface area contributed by atoms with Crippen molar-refractivity contribution in [3.63, 3.8) is 0 Å². The number of rotatable bonds is 3. The molecule has 0 saturated heterocycles. The Hall–Kier alpha value is -0.0117. The van der Waals surface area contributed by atoms with Crippen molar-refractivity contribution in [1.82, 2.24) is 0 Å². The van der Waals surface area contributed by atoms with Crippen LogP contribution in [0.2, 0.25) is 0 Å². The first-order valence-electron chi connectivity index (χ1n) is 4.96. The van der Waals surface area contributed by atoms with Gasteiger partial charge in [0.2, 0.25) is 0 Å². The summed E-state index contributed by atoms with van der Waals surface area (Å²) in [5, 5.41) is 4.10. The van der Waals surface area contributed by atoms with E-state index in [0.717, 1.165) is 16.8 Å². The van der Waals surface area contributed by atoms with Crippen molar-refractivity contribution < 1.29 is 25.9 Å². The van der Waals surface area contributed by atoms with E-state index >= 15 is 0 Å². The monoisotopic (exact) mass is 412 g/mol. The fourth-order valence-corrected chi connectivity index (χ4v) is 1.01. The van der Waals surface area contributed by atoms with Crippen LogP contribution >= 0.6 is 13.5 Å². The molecule has 0 aliphatic carbocycles. The predicted molar refractivity (Wildman–Crippen MR) is 71.5 cm³/mol. The zero-order valence-corrected chi connectivity index (χ0v) is 14.9. The molecule has 0 aromatic heterocycles. The third-order valence-corrected chi connectivity index (χ3v) is 2.12. The fraction of sp³-hybridized carbons (Fsp3) is 0.583. The van der Waals surface area contributed by atoms with E-state index in [2.05, 4.69) is 5.32 Å². The quantitative estimate of drug-likeness (QED) is 0.644. The summed E-state index contributed by atoms with van der Waals surface area (Å²) in [4.78, 5) is 11.2. The van der Waals surface area contributed by atoms with Gasteiger partial charge in [0.05, 0.1) is 5.91 Å². The van der Waals surface area contributed by atoms with E-state index in [1.807, 2.05) is 41.5 Å². The molecule has 2 nitrogen and oxygen atoms in total. The minimum atomic E-state index is -0.0539. The summed E-state index contributed by atoms with van der Waals surface area (Å²) in [7, 11) is 0. The van der Waals surface area contributed by atoms with E-state index in [-0.39, 0.29) is 40.5 Å². The van der Waals surface area contributed by atoms with Gasteiger partial charge in [0.25, 0.3) is 0 Å². The second-order valence-electron chi connectivity index (χ2n) is 3.83.